The summed E-state index contributed by atoms with van der Waals surface area (Å²) >= 11 is 0. The molecular weight excluding hydrogens is 669 g/mol. The monoisotopic (exact) mass is 702 g/mol. The fourth-order valence-corrected chi connectivity index (χ4v) is 8.40. The van der Waals surface area contributed by atoms with E-state index in [1.165, 1.54) is 43.8 Å². The predicted octanol–water partition coefficient (Wildman–Crippen LogP) is 14.6. The molecule has 2 aromatic heterocycles. The Hall–Kier alpha value is -7.36. The van der Waals surface area contributed by atoms with Gasteiger partial charge < -0.3 is 13.9 Å². The van der Waals surface area contributed by atoms with E-state index in [4.69, 9.17) is 4.42 Å². The van der Waals surface area contributed by atoms with Gasteiger partial charge in [-0.15, -0.1) is 0 Å². The first-order chi connectivity index (χ1) is 27.3. The molecule has 0 aliphatic carbocycles. The van der Waals surface area contributed by atoms with Crippen molar-refractivity contribution in [2.75, 3.05) is 4.90 Å². The van der Waals surface area contributed by atoms with Crippen LogP contribution in [0, 0.1) is 0 Å². The molecule has 3 nitrogen and oxygen atoms in total. The van der Waals surface area contributed by atoms with Gasteiger partial charge in [0.05, 0.1) is 16.4 Å². The summed E-state index contributed by atoms with van der Waals surface area (Å²) in [5, 5.41) is 7.06. The number of rotatable bonds is 6. The van der Waals surface area contributed by atoms with E-state index in [9.17, 15) is 0 Å². The molecule has 0 aliphatic rings. The van der Waals surface area contributed by atoms with Gasteiger partial charge >= 0.3 is 0 Å². The lowest BCUT2D eigenvalue weighted by Gasteiger charge is -2.26. The highest BCUT2D eigenvalue weighted by Gasteiger charge is 2.20. The van der Waals surface area contributed by atoms with Gasteiger partial charge in [-0.25, -0.2) is 0 Å². The van der Waals surface area contributed by atoms with Crippen LogP contribution in [-0.4, -0.2) is 4.57 Å². The molecule has 2 heterocycles. The number of para-hydroxylation sites is 1. The third-order valence-corrected chi connectivity index (χ3v) is 11.0. The minimum atomic E-state index is 0.913. The van der Waals surface area contributed by atoms with Gasteiger partial charge in [0.25, 0.3) is 0 Å². The summed E-state index contributed by atoms with van der Waals surface area (Å²) in [5.41, 5.74) is 13.3. The highest BCUT2D eigenvalue weighted by atomic mass is 16.3. The van der Waals surface area contributed by atoms with Crippen LogP contribution in [0.15, 0.2) is 211 Å². The van der Waals surface area contributed by atoms with Crippen LogP contribution < -0.4 is 4.90 Å². The maximum Gasteiger partial charge on any atom is 0.145 e. The number of hydrogen-bond donors (Lipinski definition) is 0. The van der Waals surface area contributed by atoms with Gasteiger partial charge in [0, 0.05) is 38.9 Å². The molecule has 0 unspecified atom stereocenters. The van der Waals surface area contributed by atoms with E-state index < -0.39 is 0 Å². The van der Waals surface area contributed by atoms with E-state index >= 15 is 0 Å². The Morgan fingerprint density at radius 3 is 1.51 bits per heavy atom. The molecular formula is C52H34N2O. The molecule has 3 heteroatoms. The number of fused-ring (bicyclic) bond motifs is 9. The molecule has 0 spiro atoms. The summed E-state index contributed by atoms with van der Waals surface area (Å²) in [5.74, 6) is 0. The highest BCUT2D eigenvalue weighted by molar-refractivity contribution is 6.27. The third kappa shape index (κ3) is 5.13. The summed E-state index contributed by atoms with van der Waals surface area (Å²) in [6.07, 6.45) is 0. The molecule has 0 atom stereocenters. The number of aromatic nitrogens is 1. The van der Waals surface area contributed by atoms with E-state index in [0.717, 1.165) is 55.7 Å². The average molecular weight is 703 g/mol. The zero-order valence-corrected chi connectivity index (χ0v) is 29.9. The van der Waals surface area contributed by atoms with Crippen molar-refractivity contribution < 1.29 is 4.42 Å². The van der Waals surface area contributed by atoms with Crippen molar-refractivity contribution in [1.29, 1.82) is 0 Å². The van der Waals surface area contributed by atoms with Gasteiger partial charge in [-0.1, -0.05) is 133 Å². The van der Waals surface area contributed by atoms with Crippen LogP contribution in [0.5, 0.6) is 0 Å². The number of benzene rings is 9. The Morgan fingerprint density at radius 1 is 0.345 bits per heavy atom. The molecule has 0 saturated heterocycles. The van der Waals surface area contributed by atoms with E-state index in [-0.39, 0.29) is 0 Å². The third-order valence-electron chi connectivity index (χ3n) is 11.0. The number of nitrogens with zero attached hydrogens (tertiary/aromatic N) is 2. The molecule has 0 fully saturated rings. The van der Waals surface area contributed by atoms with Gasteiger partial charge in [-0.05, 0) is 106 Å². The smallest absolute Gasteiger partial charge is 0.145 e. The molecule has 0 saturated carbocycles. The van der Waals surface area contributed by atoms with Crippen LogP contribution in [0.25, 0.3) is 82.5 Å². The maximum absolute atomic E-state index is 6.73. The minimum Gasteiger partial charge on any atom is -0.455 e. The van der Waals surface area contributed by atoms with Crippen LogP contribution in [0.3, 0.4) is 0 Å². The molecule has 11 rings (SSSR count). The van der Waals surface area contributed by atoms with Crippen molar-refractivity contribution in [3.8, 4) is 27.9 Å². The van der Waals surface area contributed by atoms with Crippen LogP contribution in [0.4, 0.5) is 17.1 Å². The average Bonchev–Trinajstić information content (AvgIpc) is 3.81. The second-order valence-electron chi connectivity index (χ2n) is 14.1. The Morgan fingerprint density at radius 2 is 0.873 bits per heavy atom. The first-order valence-electron chi connectivity index (χ1n) is 18.8. The Balaban J connectivity index is 1.04. The van der Waals surface area contributed by atoms with Crippen LogP contribution >= 0.6 is 0 Å². The van der Waals surface area contributed by atoms with Crippen molar-refractivity contribution in [1.82, 2.24) is 4.57 Å². The quantitative estimate of drug-likeness (QED) is 0.172. The Labute approximate surface area is 318 Å². The molecule has 0 aliphatic heterocycles. The van der Waals surface area contributed by atoms with Gasteiger partial charge in [0.1, 0.15) is 11.2 Å². The van der Waals surface area contributed by atoms with Gasteiger partial charge in [0.2, 0.25) is 0 Å². The lowest BCUT2D eigenvalue weighted by atomic mass is 10.0. The normalized spacial score (nSPS) is 11.6. The predicted molar refractivity (Wildman–Crippen MR) is 231 cm³/mol. The standard InChI is InChI=1S/C52H34N2O/c1-3-11-35(12-4-1)37-19-24-40(25-20-37)53(41-26-21-38(22-27-41)36-13-5-2-6-14-36)42-28-30-43(31-29-42)54-47-18-10-9-17-45(47)51-48(54)33-32-46-50-44-16-8-7-15-39(44)23-34-49(50)55-52(46)51/h1-34H. The fourth-order valence-electron chi connectivity index (χ4n) is 8.40. The Kier molecular flexibility index (Phi) is 7.17. The first kappa shape index (κ1) is 31.2. The lowest BCUT2D eigenvalue weighted by Crippen LogP contribution is -2.10. The molecule has 0 amide bonds. The van der Waals surface area contributed by atoms with Crippen molar-refractivity contribution in [2.24, 2.45) is 0 Å². The summed E-state index contributed by atoms with van der Waals surface area (Å²) in [4.78, 5) is 2.33. The van der Waals surface area contributed by atoms with E-state index in [2.05, 4.69) is 216 Å². The molecule has 55 heavy (non-hydrogen) atoms. The van der Waals surface area contributed by atoms with Gasteiger partial charge in [-0.2, -0.15) is 0 Å². The molecule has 258 valence electrons. The van der Waals surface area contributed by atoms with Crippen LogP contribution in [0.1, 0.15) is 0 Å². The minimum absolute atomic E-state index is 0.913. The lowest BCUT2D eigenvalue weighted by molar-refractivity contribution is 0.673. The van der Waals surface area contributed by atoms with Gasteiger partial charge in [-0.3, -0.25) is 0 Å². The summed E-state index contributed by atoms with van der Waals surface area (Å²) < 4.78 is 9.10. The zero-order chi connectivity index (χ0) is 36.3. The zero-order valence-electron chi connectivity index (χ0n) is 29.9. The molecule has 11 aromatic rings. The van der Waals surface area contributed by atoms with Crippen molar-refractivity contribution in [3.05, 3.63) is 206 Å². The second-order valence-corrected chi connectivity index (χ2v) is 14.1. The number of hydrogen-bond acceptors (Lipinski definition) is 2. The molecule has 9 aromatic carbocycles. The largest absolute Gasteiger partial charge is 0.455 e. The van der Waals surface area contributed by atoms with E-state index in [1.807, 2.05) is 0 Å². The van der Waals surface area contributed by atoms with Crippen molar-refractivity contribution in [3.63, 3.8) is 0 Å². The van der Waals surface area contributed by atoms with Crippen molar-refractivity contribution >= 4 is 71.6 Å². The van der Waals surface area contributed by atoms with E-state index in [1.54, 1.807) is 0 Å². The highest BCUT2D eigenvalue weighted by Crippen LogP contribution is 2.43. The maximum atomic E-state index is 6.73. The summed E-state index contributed by atoms with van der Waals surface area (Å²) in [6.45, 7) is 0. The SMILES string of the molecule is c1ccc(-c2ccc(N(c3ccc(-c4ccccc4)cc3)c3ccc(-n4c5ccccc5c5c6oc7ccc8ccccc8c7c6ccc54)cc3)cc2)cc1. The van der Waals surface area contributed by atoms with Crippen LogP contribution in [-0.2, 0) is 0 Å². The first-order valence-corrected chi connectivity index (χ1v) is 18.8. The molecule has 0 radical (unpaired) electrons. The van der Waals surface area contributed by atoms with Crippen LogP contribution in [0.2, 0.25) is 0 Å². The number of anilines is 3. The topological polar surface area (TPSA) is 21.3 Å². The number of furan rings is 1. The van der Waals surface area contributed by atoms with Gasteiger partial charge in [0.15, 0.2) is 0 Å². The molecule has 0 bridgehead atoms. The Bertz CT molecular complexity index is 3080. The fraction of sp³-hybridized carbons (Fsp3) is 0. The summed E-state index contributed by atoms with van der Waals surface area (Å²) in [6, 6.07) is 73.7. The van der Waals surface area contributed by atoms with E-state index in [0.29, 0.717) is 0 Å². The van der Waals surface area contributed by atoms with Crippen molar-refractivity contribution in [2.45, 2.75) is 0 Å². The molecule has 0 N–H and O–H groups in total. The second kappa shape index (κ2) is 12.6. The summed E-state index contributed by atoms with van der Waals surface area (Å²) in [7, 11) is 0.